The third kappa shape index (κ3) is 5.31. The number of H-pyrrole nitrogens is 1. The molecule has 0 aliphatic carbocycles. The minimum absolute atomic E-state index is 0.208. The SMILES string of the molecule is CCCCOCCNC(=O)c1ccc(=O)[nH]c1. The highest BCUT2D eigenvalue weighted by atomic mass is 16.5. The third-order valence-electron chi connectivity index (χ3n) is 2.22. The molecule has 0 fully saturated rings. The van der Waals surface area contributed by atoms with E-state index in [9.17, 15) is 9.59 Å². The fourth-order valence-corrected chi connectivity index (χ4v) is 1.24. The lowest BCUT2D eigenvalue weighted by atomic mass is 10.3. The Labute approximate surface area is 100 Å². The quantitative estimate of drug-likeness (QED) is 0.694. The highest BCUT2D eigenvalue weighted by Gasteiger charge is 2.03. The molecule has 1 amide bonds. The van der Waals surface area contributed by atoms with Crippen molar-refractivity contribution in [3.8, 4) is 0 Å². The number of amides is 1. The van der Waals surface area contributed by atoms with Crippen LogP contribution in [0.25, 0.3) is 0 Å². The van der Waals surface area contributed by atoms with E-state index in [1.807, 2.05) is 0 Å². The van der Waals surface area contributed by atoms with E-state index in [2.05, 4.69) is 17.2 Å². The molecule has 0 saturated heterocycles. The van der Waals surface area contributed by atoms with Crippen molar-refractivity contribution >= 4 is 5.91 Å². The van der Waals surface area contributed by atoms with Crippen molar-refractivity contribution in [1.29, 1.82) is 0 Å². The van der Waals surface area contributed by atoms with Gasteiger partial charge in [-0.1, -0.05) is 13.3 Å². The fraction of sp³-hybridized carbons (Fsp3) is 0.500. The first-order valence-corrected chi connectivity index (χ1v) is 5.78. The monoisotopic (exact) mass is 238 g/mol. The van der Waals surface area contributed by atoms with Crippen LogP contribution in [0.5, 0.6) is 0 Å². The molecule has 1 heterocycles. The number of ether oxygens (including phenoxy) is 1. The largest absolute Gasteiger partial charge is 0.380 e. The van der Waals surface area contributed by atoms with Gasteiger partial charge in [-0.05, 0) is 12.5 Å². The van der Waals surface area contributed by atoms with Crippen molar-refractivity contribution in [2.45, 2.75) is 19.8 Å². The molecule has 94 valence electrons. The topological polar surface area (TPSA) is 71.2 Å². The molecule has 0 saturated carbocycles. The van der Waals surface area contributed by atoms with Gasteiger partial charge < -0.3 is 15.0 Å². The summed E-state index contributed by atoms with van der Waals surface area (Å²) >= 11 is 0. The minimum atomic E-state index is -0.218. The molecule has 1 rings (SSSR count). The number of hydrogen-bond donors (Lipinski definition) is 2. The fourth-order valence-electron chi connectivity index (χ4n) is 1.24. The maximum absolute atomic E-state index is 11.6. The van der Waals surface area contributed by atoms with Crippen molar-refractivity contribution in [3.05, 3.63) is 34.2 Å². The van der Waals surface area contributed by atoms with E-state index in [-0.39, 0.29) is 11.5 Å². The molecule has 2 N–H and O–H groups in total. The van der Waals surface area contributed by atoms with Crippen LogP contribution < -0.4 is 10.9 Å². The van der Waals surface area contributed by atoms with Crippen LogP contribution in [0.4, 0.5) is 0 Å². The zero-order valence-electron chi connectivity index (χ0n) is 9.99. The summed E-state index contributed by atoms with van der Waals surface area (Å²) in [7, 11) is 0. The lowest BCUT2D eigenvalue weighted by Gasteiger charge is -2.05. The zero-order valence-corrected chi connectivity index (χ0v) is 9.99. The summed E-state index contributed by atoms with van der Waals surface area (Å²) in [6.45, 7) is 3.81. The number of pyridine rings is 1. The lowest BCUT2D eigenvalue weighted by Crippen LogP contribution is -2.27. The number of carbonyl (C=O) groups excluding carboxylic acids is 1. The number of aromatic nitrogens is 1. The molecular weight excluding hydrogens is 220 g/mol. The van der Waals surface area contributed by atoms with Gasteiger partial charge >= 0.3 is 0 Å². The summed E-state index contributed by atoms with van der Waals surface area (Å²) in [5.74, 6) is -0.208. The second-order valence-electron chi connectivity index (χ2n) is 3.66. The van der Waals surface area contributed by atoms with E-state index in [1.165, 1.54) is 18.3 Å². The first-order chi connectivity index (χ1) is 8.24. The highest BCUT2D eigenvalue weighted by Crippen LogP contribution is 1.92. The number of carbonyl (C=O) groups is 1. The molecular formula is C12H18N2O3. The van der Waals surface area contributed by atoms with Gasteiger partial charge in [0.25, 0.3) is 5.91 Å². The van der Waals surface area contributed by atoms with Crippen molar-refractivity contribution in [2.24, 2.45) is 0 Å². The first kappa shape index (κ1) is 13.4. The summed E-state index contributed by atoms with van der Waals surface area (Å²) in [6.07, 6.45) is 3.53. The van der Waals surface area contributed by atoms with E-state index in [0.29, 0.717) is 18.7 Å². The molecule has 5 nitrogen and oxygen atoms in total. The first-order valence-electron chi connectivity index (χ1n) is 5.78. The molecule has 0 aromatic carbocycles. The van der Waals surface area contributed by atoms with Crippen molar-refractivity contribution in [2.75, 3.05) is 19.8 Å². The summed E-state index contributed by atoms with van der Waals surface area (Å²) < 4.78 is 5.31. The van der Waals surface area contributed by atoms with Gasteiger partial charge in [-0.2, -0.15) is 0 Å². The summed E-state index contributed by atoms with van der Waals surface area (Å²) in [4.78, 5) is 24.8. The van der Waals surface area contributed by atoms with Crippen molar-refractivity contribution < 1.29 is 9.53 Å². The molecule has 5 heteroatoms. The van der Waals surface area contributed by atoms with Crippen LogP contribution in [-0.2, 0) is 4.74 Å². The van der Waals surface area contributed by atoms with Crippen LogP contribution in [0.2, 0.25) is 0 Å². The van der Waals surface area contributed by atoms with Crippen LogP contribution in [0.1, 0.15) is 30.1 Å². The predicted octanol–water partition coefficient (Wildman–Crippen LogP) is 0.921. The second-order valence-corrected chi connectivity index (χ2v) is 3.66. The average molecular weight is 238 g/mol. The Bertz CT molecular complexity index is 380. The Kier molecular flexibility index (Phi) is 6.03. The van der Waals surface area contributed by atoms with E-state index in [4.69, 9.17) is 4.74 Å². The third-order valence-corrected chi connectivity index (χ3v) is 2.22. The molecule has 17 heavy (non-hydrogen) atoms. The van der Waals surface area contributed by atoms with E-state index >= 15 is 0 Å². The van der Waals surface area contributed by atoms with Gasteiger partial charge in [0.2, 0.25) is 5.56 Å². The number of hydrogen-bond acceptors (Lipinski definition) is 3. The predicted molar refractivity (Wildman–Crippen MR) is 65.1 cm³/mol. The van der Waals surface area contributed by atoms with Gasteiger partial charge in [-0.25, -0.2) is 0 Å². The van der Waals surface area contributed by atoms with Crippen LogP contribution in [0.15, 0.2) is 23.1 Å². The summed E-state index contributed by atoms with van der Waals surface area (Å²) in [5.41, 5.74) is 0.225. The Balaban J connectivity index is 2.21. The summed E-state index contributed by atoms with van der Waals surface area (Å²) in [5, 5.41) is 2.71. The number of nitrogens with one attached hydrogen (secondary N) is 2. The Morgan fingerprint density at radius 1 is 1.41 bits per heavy atom. The van der Waals surface area contributed by atoms with Gasteiger partial charge in [-0.3, -0.25) is 9.59 Å². The smallest absolute Gasteiger partial charge is 0.252 e. The molecule has 1 aromatic rings. The van der Waals surface area contributed by atoms with Crippen LogP contribution in [0.3, 0.4) is 0 Å². The Morgan fingerprint density at radius 2 is 2.24 bits per heavy atom. The van der Waals surface area contributed by atoms with Gasteiger partial charge in [-0.15, -0.1) is 0 Å². The standard InChI is InChI=1S/C12H18N2O3/c1-2-3-7-17-8-6-13-12(16)10-4-5-11(15)14-9-10/h4-5,9H,2-3,6-8H2,1H3,(H,13,16)(H,14,15). The second kappa shape index (κ2) is 7.62. The highest BCUT2D eigenvalue weighted by molar-refractivity contribution is 5.93. The Morgan fingerprint density at radius 3 is 2.88 bits per heavy atom. The minimum Gasteiger partial charge on any atom is -0.380 e. The Hall–Kier alpha value is -1.62. The number of aromatic amines is 1. The number of rotatable bonds is 7. The zero-order chi connectivity index (χ0) is 12.5. The van der Waals surface area contributed by atoms with Gasteiger partial charge in [0.05, 0.1) is 12.2 Å². The van der Waals surface area contributed by atoms with Gasteiger partial charge in [0.1, 0.15) is 0 Å². The molecule has 0 atom stereocenters. The molecule has 0 unspecified atom stereocenters. The molecule has 0 aliphatic rings. The van der Waals surface area contributed by atoms with Crippen LogP contribution in [0, 0.1) is 0 Å². The molecule has 0 aliphatic heterocycles. The van der Waals surface area contributed by atoms with Gasteiger partial charge in [0.15, 0.2) is 0 Å². The van der Waals surface area contributed by atoms with Crippen molar-refractivity contribution in [3.63, 3.8) is 0 Å². The molecule has 1 aromatic heterocycles. The van der Waals surface area contributed by atoms with Gasteiger partial charge in [0, 0.05) is 25.4 Å². The molecule has 0 spiro atoms. The van der Waals surface area contributed by atoms with E-state index < -0.39 is 0 Å². The lowest BCUT2D eigenvalue weighted by molar-refractivity contribution is 0.0912. The van der Waals surface area contributed by atoms with E-state index in [1.54, 1.807) is 0 Å². The van der Waals surface area contributed by atoms with Crippen LogP contribution >= 0.6 is 0 Å². The van der Waals surface area contributed by atoms with Crippen molar-refractivity contribution in [1.82, 2.24) is 10.3 Å². The van der Waals surface area contributed by atoms with E-state index in [0.717, 1.165) is 19.4 Å². The maximum atomic E-state index is 11.6. The average Bonchev–Trinajstić information content (AvgIpc) is 2.34. The van der Waals surface area contributed by atoms with Crippen LogP contribution in [-0.4, -0.2) is 30.6 Å². The maximum Gasteiger partial charge on any atom is 0.252 e. The molecule has 0 bridgehead atoms. The number of unbranched alkanes of at least 4 members (excludes halogenated alkanes) is 1. The summed E-state index contributed by atoms with van der Waals surface area (Å²) in [6, 6.07) is 2.82. The molecule has 0 radical (unpaired) electrons. The normalized spacial score (nSPS) is 10.2.